The molecule has 0 aliphatic heterocycles. The maximum atomic E-state index is 12.0. The number of aromatic amines is 1. The Hall–Kier alpha value is -3.22. The van der Waals surface area contributed by atoms with Gasteiger partial charge in [-0.2, -0.15) is 5.10 Å². The number of H-pyrrole nitrogens is 1. The molecule has 3 aromatic rings. The summed E-state index contributed by atoms with van der Waals surface area (Å²) in [5.74, 6) is 0.154. The van der Waals surface area contributed by atoms with Crippen LogP contribution in [0.15, 0.2) is 60.0 Å². The molecule has 0 aliphatic carbocycles. The number of pyridine rings is 2. The SMILES string of the molecule is O=C(Nc1ccc(-n2cccn2)nc1)c1c[nH]ccc1=O. The van der Waals surface area contributed by atoms with Gasteiger partial charge in [0.25, 0.3) is 5.91 Å². The molecule has 0 radical (unpaired) electrons. The van der Waals surface area contributed by atoms with Crippen LogP contribution in [0.25, 0.3) is 5.82 Å². The lowest BCUT2D eigenvalue weighted by Gasteiger charge is -2.05. The zero-order chi connectivity index (χ0) is 14.7. The molecule has 7 heteroatoms. The molecule has 0 atom stereocenters. The highest BCUT2D eigenvalue weighted by Crippen LogP contribution is 2.09. The quantitative estimate of drug-likeness (QED) is 0.754. The number of aromatic nitrogens is 4. The molecule has 104 valence electrons. The van der Waals surface area contributed by atoms with Crippen LogP contribution in [0.5, 0.6) is 0 Å². The summed E-state index contributed by atoms with van der Waals surface area (Å²) in [5.41, 5.74) is 0.209. The van der Waals surface area contributed by atoms with Crippen molar-refractivity contribution in [2.75, 3.05) is 5.32 Å². The predicted octanol–water partition coefficient (Wildman–Crippen LogP) is 1.21. The van der Waals surface area contributed by atoms with Gasteiger partial charge in [0.2, 0.25) is 0 Å². The number of amides is 1. The van der Waals surface area contributed by atoms with Crippen molar-refractivity contribution in [1.82, 2.24) is 19.7 Å². The summed E-state index contributed by atoms with van der Waals surface area (Å²) in [6, 6.07) is 6.50. The second kappa shape index (κ2) is 5.41. The number of rotatable bonds is 3. The number of hydrogen-bond donors (Lipinski definition) is 2. The number of nitrogens with zero attached hydrogens (tertiary/aromatic N) is 3. The smallest absolute Gasteiger partial charge is 0.261 e. The van der Waals surface area contributed by atoms with Gasteiger partial charge in [-0.15, -0.1) is 0 Å². The number of carbonyl (C=O) groups is 1. The van der Waals surface area contributed by atoms with E-state index in [-0.39, 0.29) is 11.0 Å². The van der Waals surface area contributed by atoms with E-state index in [4.69, 9.17) is 0 Å². The van der Waals surface area contributed by atoms with E-state index in [2.05, 4.69) is 20.4 Å². The molecular formula is C14H11N5O2. The third-order valence-electron chi connectivity index (χ3n) is 2.81. The van der Waals surface area contributed by atoms with Crippen LogP contribution in [0.3, 0.4) is 0 Å². The van der Waals surface area contributed by atoms with Crippen molar-refractivity contribution in [1.29, 1.82) is 0 Å². The molecule has 0 saturated carbocycles. The molecule has 0 spiro atoms. The van der Waals surface area contributed by atoms with E-state index in [1.165, 1.54) is 24.7 Å². The Labute approximate surface area is 119 Å². The van der Waals surface area contributed by atoms with Gasteiger partial charge in [-0.1, -0.05) is 0 Å². The maximum Gasteiger partial charge on any atom is 0.261 e. The molecule has 0 fully saturated rings. The third kappa shape index (κ3) is 2.71. The average Bonchev–Trinajstić information content (AvgIpc) is 3.02. The van der Waals surface area contributed by atoms with Gasteiger partial charge in [-0.3, -0.25) is 9.59 Å². The van der Waals surface area contributed by atoms with Crippen molar-refractivity contribution in [2.45, 2.75) is 0 Å². The normalized spacial score (nSPS) is 10.3. The van der Waals surface area contributed by atoms with Crippen LogP contribution in [0.1, 0.15) is 10.4 Å². The van der Waals surface area contributed by atoms with Crippen molar-refractivity contribution in [3.63, 3.8) is 0 Å². The van der Waals surface area contributed by atoms with Gasteiger partial charge in [0.05, 0.1) is 11.9 Å². The number of carbonyl (C=O) groups excluding carboxylic acids is 1. The van der Waals surface area contributed by atoms with E-state index < -0.39 is 5.91 Å². The molecule has 3 heterocycles. The topological polar surface area (TPSA) is 92.7 Å². The van der Waals surface area contributed by atoms with Crippen LogP contribution in [0, 0.1) is 0 Å². The largest absolute Gasteiger partial charge is 0.367 e. The van der Waals surface area contributed by atoms with Gasteiger partial charge in [0.15, 0.2) is 11.2 Å². The second-order valence-electron chi connectivity index (χ2n) is 4.23. The Morgan fingerprint density at radius 3 is 2.86 bits per heavy atom. The molecular weight excluding hydrogens is 270 g/mol. The van der Waals surface area contributed by atoms with Crippen LogP contribution in [-0.2, 0) is 0 Å². The Balaban J connectivity index is 1.78. The van der Waals surface area contributed by atoms with Crippen molar-refractivity contribution >= 4 is 11.6 Å². The van der Waals surface area contributed by atoms with Gasteiger partial charge < -0.3 is 10.3 Å². The standard InChI is InChI=1S/C14H11N5O2/c20-12-4-6-15-9-11(12)14(21)18-10-2-3-13(16-8-10)19-7-1-5-17-19/h1-9H,(H,15,20)(H,18,21). The van der Waals surface area contributed by atoms with E-state index in [1.54, 1.807) is 35.3 Å². The van der Waals surface area contributed by atoms with E-state index in [9.17, 15) is 9.59 Å². The lowest BCUT2D eigenvalue weighted by Crippen LogP contribution is -2.20. The highest BCUT2D eigenvalue weighted by molar-refractivity contribution is 6.03. The monoisotopic (exact) mass is 281 g/mol. The molecule has 0 aliphatic rings. The van der Waals surface area contributed by atoms with Gasteiger partial charge in [0.1, 0.15) is 5.56 Å². The molecule has 7 nitrogen and oxygen atoms in total. The number of anilines is 1. The summed E-state index contributed by atoms with van der Waals surface area (Å²) < 4.78 is 1.60. The fraction of sp³-hybridized carbons (Fsp3) is 0. The lowest BCUT2D eigenvalue weighted by atomic mass is 10.2. The fourth-order valence-corrected chi connectivity index (χ4v) is 1.79. The minimum atomic E-state index is -0.481. The molecule has 3 aromatic heterocycles. The highest BCUT2D eigenvalue weighted by atomic mass is 16.2. The number of nitrogens with one attached hydrogen (secondary N) is 2. The third-order valence-corrected chi connectivity index (χ3v) is 2.81. The first kappa shape index (κ1) is 12.8. The first-order chi connectivity index (χ1) is 10.2. The summed E-state index contributed by atoms with van der Waals surface area (Å²) in [5, 5.41) is 6.68. The van der Waals surface area contributed by atoms with Crippen LogP contribution in [-0.4, -0.2) is 25.7 Å². The van der Waals surface area contributed by atoms with Gasteiger partial charge in [-0.05, 0) is 18.2 Å². The zero-order valence-corrected chi connectivity index (χ0v) is 10.9. The Morgan fingerprint density at radius 2 is 2.19 bits per heavy atom. The van der Waals surface area contributed by atoms with Crippen LogP contribution >= 0.6 is 0 Å². The number of hydrogen-bond acceptors (Lipinski definition) is 4. The fourth-order valence-electron chi connectivity index (χ4n) is 1.79. The van der Waals surface area contributed by atoms with Crippen LogP contribution in [0.2, 0.25) is 0 Å². The summed E-state index contributed by atoms with van der Waals surface area (Å²) in [6.07, 6.45) is 7.76. The van der Waals surface area contributed by atoms with Crippen molar-refractivity contribution in [2.24, 2.45) is 0 Å². The molecule has 21 heavy (non-hydrogen) atoms. The zero-order valence-electron chi connectivity index (χ0n) is 10.9. The van der Waals surface area contributed by atoms with Gasteiger partial charge in [-0.25, -0.2) is 9.67 Å². The summed E-state index contributed by atoms with van der Waals surface area (Å²) in [6.45, 7) is 0. The average molecular weight is 281 g/mol. The summed E-state index contributed by atoms with van der Waals surface area (Å²) in [7, 11) is 0. The molecule has 0 unspecified atom stereocenters. The van der Waals surface area contributed by atoms with Crippen molar-refractivity contribution < 1.29 is 4.79 Å². The first-order valence-electron chi connectivity index (χ1n) is 6.18. The van der Waals surface area contributed by atoms with E-state index in [0.717, 1.165) is 0 Å². The van der Waals surface area contributed by atoms with Crippen LogP contribution < -0.4 is 10.7 Å². The van der Waals surface area contributed by atoms with E-state index >= 15 is 0 Å². The van der Waals surface area contributed by atoms with Crippen molar-refractivity contribution in [3.8, 4) is 5.82 Å². The van der Waals surface area contributed by atoms with E-state index in [1.807, 2.05) is 0 Å². The highest BCUT2D eigenvalue weighted by Gasteiger charge is 2.10. The van der Waals surface area contributed by atoms with Gasteiger partial charge in [0, 0.05) is 30.9 Å². The molecule has 0 saturated heterocycles. The molecule has 0 aromatic carbocycles. The Kier molecular flexibility index (Phi) is 3.30. The Morgan fingerprint density at radius 1 is 1.29 bits per heavy atom. The maximum absolute atomic E-state index is 12.0. The van der Waals surface area contributed by atoms with Crippen molar-refractivity contribution in [3.05, 3.63) is 71.0 Å². The molecule has 1 amide bonds. The minimum Gasteiger partial charge on any atom is -0.367 e. The van der Waals surface area contributed by atoms with E-state index in [0.29, 0.717) is 11.5 Å². The lowest BCUT2D eigenvalue weighted by molar-refractivity contribution is 0.102. The van der Waals surface area contributed by atoms with Crippen LogP contribution in [0.4, 0.5) is 5.69 Å². The molecule has 0 bridgehead atoms. The minimum absolute atomic E-state index is 0.0497. The first-order valence-corrected chi connectivity index (χ1v) is 6.18. The molecule has 2 N–H and O–H groups in total. The summed E-state index contributed by atoms with van der Waals surface area (Å²) in [4.78, 5) is 30.4. The Bertz CT molecular complexity index is 806. The second-order valence-corrected chi connectivity index (χ2v) is 4.23. The summed E-state index contributed by atoms with van der Waals surface area (Å²) >= 11 is 0. The van der Waals surface area contributed by atoms with Gasteiger partial charge >= 0.3 is 0 Å². The predicted molar refractivity (Wildman–Crippen MR) is 76.4 cm³/mol. The molecule has 3 rings (SSSR count).